The van der Waals surface area contributed by atoms with E-state index in [1.807, 2.05) is 0 Å². The van der Waals surface area contributed by atoms with Gasteiger partial charge in [-0.3, -0.25) is 4.79 Å². The maximum absolute atomic E-state index is 11.3. The Morgan fingerprint density at radius 3 is 2.75 bits per heavy atom. The molecular weight excluding hydrogens is 154 g/mol. The van der Waals surface area contributed by atoms with Crippen molar-refractivity contribution in [2.45, 2.75) is 0 Å². The van der Waals surface area contributed by atoms with Crippen molar-refractivity contribution in [3.05, 3.63) is 29.8 Å². The Morgan fingerprint density at radius 2 is 2.17 bits per heavy atom. The van der Waals surface area contributed by atoms with Crippen LogP contribution in [0.25, 0.3) is 0 Å². The largest absolute Gasteiger partial charge is 0.398 e. The van der Waals surface area contributed by atoms with E-state index in [0.717, 1.165) is 0 Å². The highest BCUT2D eigenvalue weighted by molar-refractivity contribution is 6.01. The number of anilines is 1. The number of nitrogens with two attached hydrogens (primary N) is 1. The number of methoxy groups -OCH3 is 1. The lowest BCUT2D eigenvalue weighted by Gasteiger charge is -2.02. The minimum Gasteiger partial charge on any atom is -0.398 e. The number of benzene rings is 1. The van der Waals surface area contributed by atoms with E-state index >= 15 is 0 Å². The van der Waals surface area contributed by atoms with Crippen molar-refractivity contribution in [3.63, 3.8) is 0 Å². The van der Waals surface area contributed by atoms with Crippen LogP contribution in [0.5, 0.6) is 0 Å². The van der Waals surface area contributed by atoms with E-state index in [2.05, 4.69) is 0 Å². The fourth-order valence-electron chi connectivity index (χ4n) is 0.960. The van der Waals surface area contributed by atoms with Gasteiger partial charge in [-0.2, -0.15) is 0 Å². The first-order valence-corrected chi connectivity index (χ1v) is 3.62. The smallest absolute Gasteiger partial charge is 0.190 e. The maximum atomic E-state index is 11.3. The molecule has 0 fully saturated rings. The minimum atomic E-state index is -0.0874. The SMILES string of the molecule is COCC(=O)c1ccccc1N. The van der Waals surface area contributed by atoms with Gasteiger partial charge in [0, 0.05) is 18.4 Å². The summed E-state index contributed by atoms with van der Waals surface area (Å²) in [5.41, 5.74) is 6.60. The van der Waals surface area contributed by atoms with Gasteiger partial charge in [0.05, 0.1) is 0 Å². The third kappa shape index (κ3) is 1.83. The first-order valence-electron chi connectivity index (χ1n) is 3.62. The highest BCUT2D eigenvalue weighted by Gasteiger charge is 2.07. The van der Waals surface area contributed by atoms with Crippen LogP contribution in [-0.2, 0) is 4.74 Å². The number of Topliss-reactive ketones (excluding diaryl/α,β-unsaturated/α-hetero) is 1. The molecule has 64 valence electrons. The summed E-state index contributed by atoms with van der Waals surface area (Å²) in [6.45, 7) is 0.0776. The molecule has 0 saturated carbocycles. The Bertz CT molecular complexity index is 284. The highest BCUT2D eigenvalue weighted by atomic mass is 16.5. The number of ketones is 1. The monoisotopic (exact) mass is 165 g/mol. The third-order valence-corrected chi connectivity index (χ3v) is 1.54. The molecule has 0 aliphatic carbocycles. The molecule has 0 unspecified atom stereocenters. The molecule has 0 aliphatic rings. The Kier molecular flexibility index (Phi) is 2.82. The summed E-state index contributed by atoms with van der Waals surface area (Å²) in [5, 5.41) is 0. The van der Waals surface area contributed by atoms with Crippen LogP contribution in [0.1, 0.15) is 10.4 Å². The molecule has 12 heavy (non-hydrogen) atoms. The minimum absolute atomic E-state index is 0.0776. The maximum Gasteiger partial charge on any atom is 0.190 e. The van der Waals surface area contributed by atoms with Crippen LogP contribution in [0.15, 0.2) is 24.3 Å². The van der Waals surface area contributed by atoms with E-state index in [0.29, 0.717) is 11.3 Å². The molecule has 0 bridgehead atoms. The molecule has 0 amide bonds. The van der Waals surface area contributed by atoms with E-state index in [4.69, 9.17) is 10.5 Å². The van der Waals surface area contributed by atoms with E-state index in [-0.39, 0.29) is 12.4 Å². The molecule has 0 heterocycles. The van der Waals surface area contributed by atoms with Gasteiger partial charge in [0.2, 0.25) is 0 Å². The van der Waals surface area contributed by atoms with Crippen LogP contribution >= 0.6 is 0 Å². The van der Waals surface area contributed by atoms with E-state index in [1.165, 1.54) is 7.11 Å². The first kappa shape index (κ1) is 8.74. The Balaban J connectivity index is 2.87. The standard InChI is InChI=1S/C9H11NO2/c1-12-6-9(11)7-4-2-3-5-8(7)10/h2-5H,6,10H2,1H3. The lowest BCUT2D eigenvalue weighted by molar-refractivity contribution is 0.0849. The topological polar surface area (TPSA) is 52.3 Å². The quantitative estimate of drug-likeness (QED) is 0.539. The van der Waals surface area contributed by atoms with Gasteiger partial charge in [-0.1, -0.05) is 12.1 Å². The zero-order valence-corrected chi connectivity index (χ0v) is 6.91. The van der Waals surface area contributed by atoms with Crippen molar-refractivity contribution in [1.82, 2.24) is 0 Å². The van der Waals surface area contributed by atoms with Crippen LogP contribution in [0.4, 0.5) is 5.69 Å². The summed E-state index contributed by atoms with van der Waals surface area (Å²) in [6.07, 6.45) is 0. The number of hydrogen-bond donors (Lipinski definition) is 1. The molecule has 1 aromatic carbocycles. The van der Waals surface area contributed by atoms with Crippen LogP contribution in [0.2, 0.25) is 0 Å². The van der Waals surface area contributed by atoms with Gasteiger partial charge in [-0.05, 0) is 12.1 Å². The van der Waals surface area contributed by atoms with Crippen molar-refractivity contribution < 1.29 is 9.53 Å². The molecule has 3 heteroatoms. The molecule has 0 saturated heterocycles. The molecule has 0 aromatic heterocycles. The van der Waals surface area contributed by atoms with Crippen molar-refractivity contribution in [2.75, 3.05) is 19.5 Å². The molecule has 0 aliphatic heterocycles. The Hall–Kier alpha value is -1.35. The van der Waals surface area contributed by atoms with E-state index < -0.39 is 0 Å². The number of hydrogen-bond acceptors (Lipinski definition) is 3. The Labute approximate surface area is 71.1 Å². The lowest BCUT2D eigenvalue weighted by Crippen LogP contribution is -2.09. The predicted octanol–water partition coefficient (Wildman–Crippen LogP) is 1.10. The molecule has 0 radical (unpaired) electrons. The number of carbonyl (C=O) groups is 1. The van der Waals surface area contributed by atoms with Gasteiger partial charge < -0.3 is 10.5 Å². The molecule has 0 spiro atoms. The molecule has 2 N–H and O–H groups in total. The molecular formula is C9H11NO2. The van der Waals surface area contributed by atoms with Crippen molar-refractivity contribution in [1.29, 1.82) is 0 Å². The number of carbonyl (C=O) groups excluding carboxylic acids is 1. The van der Waals surface area contributed by atoms with Crippen LogP contribution < -0.4 is 5.73 Å². The summed E-state index contributed by atoms with van der Waals surface area (Å²) in [5.74, 6) is -0.0874. The molecule has 1 rings (SSSR count). The van der Waals surface area contributed by atoms with Gasteiger partial charge in [0.15, 0.2) is 5.78 Å². The Morgan fingerprint density at radius 1 is 1.50 bits per heavy atom. The van der Waals surface area contributed by atoms with Crippen molar-refractivity contribution in [2.24, 2.45) is 0 Å². The third-order valence-electron chi connectivity index (χ3n) is 1.54. The van der Waals surface area contributed by atoms with Crippen LogP contribution in [0.3, 0.4) is 0 Å². The zero-order valence-electron chi connectivity index (χ0n) is 6.91. The van der Waals surface area contributed by atoms with E-state index in [9.17, 15) is 4.79 Å². The average Bonchev–Trinajstić information content (AvgIpc) is 2.05. The highest BCUT2D eigenvalue weighted by Crippen LogP contribution is 2.10. The second-order valence-electron chi connectivity index (χ2n) is 2.44. The number of para-hydroxylation sites is 1. The molecule has 1 aromatic rings. The lowest BCUT2D eigenvalue weighted by atomic mass is 10.1. The summed E-state index contributed by atoms with van der Waals surface area (Å²) in [7, 11) is 1.48. The fraction of sp³-hybridized carbons (Fsp3) is 0.222. The van der Waals surface area contributed by atoms with Gasteiger partial charge in [0.25, 0.3) is 0 Å². The normalized spacial score (nSPS) is 9.75. The summed E-state index contributed by atoms with van der Waals surface area (Å²) in [6, 6.07) is 6.96. The second-order valence-corrected chi connectivity index (χ2v) is 2.44. The molecule has 0 atom stereocenters. The van der Waals surface area contributed by atoms with Gasteiger partial charge in [0.1, 0.15) is 6.61 Å². The second kappa shape index (κ2) is 3.88. The number of nitrogen functional groups attached to an aromatic ring is 1. The first-order chi connectivity index (χ1) is 5.75. The van der Waals surface area contributed by atoms with Crippen LogP contribution in [0, 0.1) is 0 Å². The van der Waals surface area contributed by atoms with Gasteiger partial charge in [-0.25, -0.2) is 0 Å². The fourth-order valence-corrected chi connectivity index (χ4v) is 0.960. The summed E-state index contributed by atoms with van der Waals surface area (Å²) < 4.78 is 4.71. The van der Waals surface area contributed by atoms with Crippen LogP contribution in [-0.4, -0.2) is 19.5 Å². The van der Waals surface area contributed by atoms with Gasteiger partial charge >= 0.3 is 0 Å². The number of ether oxygens (including phenoxy) is 1. The molecule has 3 nitrogen and oxygen atoms in total. The van der Waals surface area contributed by atoms with Gasteiger partial charge in [-0.15, -0.1) is 0 Å². The zero-order chi connectivity index (χ0) is 8.97. The predicted molar refractivity (Wildman–Crippen MR) is 47.1 cm³/mol. The number of rotatable bonds is 3. The van der Waals surface area contributed by atoms with E-state index in [1.54, 1.807) is 24.3 Å². The average molecular weight is 165 g/mol. The van der Waals surface area contributed by atoms with Crippen molar-refractivity contribution >= 4 is 11.5 Å². The van der Waals surface area contributed by atoms with Crippen molar-refractivity contribution in [3.8, 4) is 0 Å². The summed E-state index contributed by atoms with van der Waals surface area (Å²) >= 11 is 0. The summed E-state index contributed by atoms with van der Waals surface area (Å²) in [4.78, 5) is 11.3.